The summed E-state index contributed by atoms with van der Waals surface area (Å²) >= 11 is 1.63. The Kier molecular flexibility index (Phi) is 5.90. The molecule has 3 heterocycles. The number of anilines is 2. The molecule has 0 aliphatic carbocycles. The summed E-state index contributed by atoms with van der Waals surface area (Å²) in [6.07, 6.45) is 0. The van der Waals surface area contributed by atoms with Gasteiger partial charge in [0.2, 0.25) is 0 Å². The van der Waals surface area contributed by atoms with Gasteiger partial charge in [-0.1, -0.05) is 24.3 Å². The minimum atomic E-state index is -0.941. The number of carbonyl (C=O) groups is 1. The van der Waals surface area contributed by atoms with Crippen molar-refractivity contribution in [2.24, 2.45) is 10.9 Å². The lowest BCUT2D eigenvalue weighted by molar-refractivity contribution is -0.141. The van der Waals surface area contributed by atoms with Crippen LogP contribution in [0.25, 0.3) is 5.00 Å². The van der Waals surface area contributed by atoms with Gasteiger partial charge in [-0.15, -0.1) is 21.5 Å². The number of aliphatic carboxylic acids is 1. The van der Waals surface area contributed by atoms with Gasteiger partial charge >= 0.3 is 5.97 Å². The Morgan fingerprint density at radius 3 is 2.56 bits per heavy atom. The van der Waals surface area contributed by atoms with E-state index >= 15 is 0 Å². The SMILES string of the molecule is Cc1sc2c(c1C)C(c1ccc(Nc3ccccc3C#N)cc1)=NC([C@H](C)C(=O)O)c1nnc(C)n1-2. The zero-order valence-electron chi connectivity index (χ0n) is 20.3. The van der Waals surface area contributed by atoms with Crippen molar-refractivity contribution < 1.29 is 9.90 Å². The van der Waals surface area contributed by atoms with Crippen molar-refractivity contribution in [1.29, 1.82) is 5.26 Å². The van der Waals surface area contributed by atoms with Crippen molar-refractivity contribution in [3.05, 3.63) is 87.3 Å². The van der Waals surface area contributed by atoms with Gasteiger partial charge in [0.15, 0.2) is 5.82 Å². The van der Waals surface area contributed by atoms with Crippen molar-refractivity contribution in [1.82, 2.24) is 14.8 Å². The summed E-state index contributed by atoms with van der Waals surface area (Å²) in [6.45, 7) is 7.66. The van der Waals surface area contributed by atoms with Crippen LogP contribution in [0.2, 0.25) is 0 Å². The molecule has 0 bridgehead atoms. The predicted molar refractivity (Wildman–Crippen MR) is 140 cm³/mol. The van der Waals surface area contributed by atoms with E-state index in [9.17, 15) is 15.2 Å². The molecule has 36 heavy (non-hydrogen) atoms. The first-order chi connectivity index (χ1) is 17.3. The van der Waals surface area contributed by atoms with E-state index in [0.29, 0.717) is 17.2 Å². The van der Waals surface area contributed by atoms with E-state index in [1.165, 1.54) is 0 Å². The monoisotopic (exact) mass is 496 g/mol. The van der Waals surface area contributed by atoms with Gasteiger partial charge in [-0.2, -0.15) is 5.26 Å². The lowest BCUT2D eigenvalue weighted by atomic mass is 9.98. The van der Waals surface area contributed by atoms with Gasteiger partial charge in [0.25, 0.3) is 0 Å². The van der Waals surface area contributed by atoms with Gasteiger partial charge < -0.3 is 10.4 Å². The summed E-state index contributed by atoms with van der Waals surface area (Å²) in [5.41, 5.74) is 5.80. The third-order valence-electron chi connectivity index (χ3n) is 6.54. The molecular formula is C27H24N6O2S. The van der Waals surface area contributed by atoms with Crippen LogP contribution < -0.4 is 5.32 Å². The quantitative estimate of drug-likeness (QED) is 0.378. The molecule has 2 aromatic heterocycles. The Labute approximate surface area is 212 Å². The van der Waals surface area contributed by atoms with Crippen LogP contribution in [0, 0.1) is 38.0 Å². The number of para-hydroxylation sites is 1. The van der Waals surface area contributed by atoms with Crippen LogP contribution in [-0.2, 0) is 4.79 Å². The zero-order valence-corrected chi connectivity index (χ0v) is 21.1. The first-order valence-electron chi connectivity index (χ1n) is 11.5. The molecule has 0 fully saturated rings. The minimum Gasteiger partial charge on any atom is -0.481 e. The highest BCUT2D eigenvalue weighted by Gasteiger charge is 2.36. The summed E-state index contributed by atoms with van der Waals surface area (Å²) in [6, 6.07) is 16.6. The number of hydrogen-bond donors (Lipinski definition) is 2. The minimum absolute atomic E-state index is 0.534. The average molecular weight is 497 g/mol. The average Bonchev–Trinajstić information content (AvgIpc) is 3.34. The summed E-state index contributed by atoms with van der Waals surface area (Å²) in [4.78, 5) is 18.2. The number of aromatic nitrogens is 3. The first kappa shape index (κ1) is 23.5. The zero-order chi connectivity index (χ0) is 25.6. The Hall–Kier alpha value is -4.29. The van der Waals surface area contributed by atoms with Crippen LogP contribution in [0.4, 0.5) is 11.4 Å². The highest BCUT2D eigenvalue weighted by Crippen LogP contribution is 2.40. The Morgan fingerprint density at radius 2 is 1.86 bits per heavy atom. The standard InChI is InChI=1S/C27H24N6O2S/c1-14-16(3)36-26-22(14)24(30-23(15(2)27(34)35)25-32-31-17(4)33(25)26)18-9-11-20(12-10-18)29-21-8-6-5-7-19(21)13-28/h5-12,15,23,29H,1-4H3,(H,34,35)/t15-,23?/m0/s1. The van der Waals surface area contributed by atoms with Crippen molar-refractivity contribution in [3.63, 3.8) is 0 Å². The number of carboxylic acids is 1. The van der Waals surface area contributed by atoms with E-state index in [2.05, 4.69) is 35.4 Å². The van der Waals surface area contributed by atoms with Crippen LogP contribution in [-0.4, -0.2) is 31.6 Å². The largest absolute Gasteiger partial charge is 0.481 e. The number of thiophene rings is 1. The summed E-state index contributed by atoms with van der Waals surface area (Å²) < 4.78 is 1.95. The molecule has 1 aliphatic heterocycles. The molecule has 8 nitrogen and oxygen atoms in total. The van der Waals surface area contributed by atoms with E-state index in [1.54, 1.807) is 24.3 Å². The molecule has 1 unspecified atom stereocenters. The highest BCUT2D eigenvalue weighted by atomic mass is 32.1. The van der Waals surface area contributed by atoms with E-state index in [0.717, 1.165) is 43.7 Å². The molecule has 0 radical (unpaired) electrons. The summed E-state index contributed by atoms with van der Waals surface area (Å²) in [5.74, 6) is -0.501. The smallest absolute Gasteiger partial charge is 0.308 e. The predicted octanol–water partition coefficient (Wildman–Crippen LogP) is 5.48. The molecule has 2 atom stereocenters. The number of nitrogens with one attached hydrogen (secondary N) is 1. The first-order valence-corrected chi connectivity index (χ1v) is 12.3. The van der Waals surface area contributed by atoms with Crippen LogP contribution in [0.3, 0.4) is 0 Å². The fraction of sp³-hybridized carbons (Fsp3) is 0.222. The number of nitriles is 1. The molecule has 2 N–H and O–H groups in total. The summed E-state index contributed by atoms with van der Waals surface area (Å²) in [5, 5.41) is 32.1. The second kappa shape index (κ2) is 9.06. The number of aliphatic imine (C=N–C) groups is 1. The topological polar surface area (TPSA) is 116 Å². The van der Waals surface area contributed by atoms with E-state index in [-0.39, 0.29) is 0 Å². The maximum absolute atomic E-state index is 12.0. The molecular weight excluding hydrogens is 472 g/mol. The maximum Gasteiger partial charge on any atom is 0.308 e. The molecule has 0 saturated carbocycles. The Balaban J connectivity index is 1.63. The fourth-order valence-electron chi connectivity index (χ4n) is 4.37. The number of nitrogens with zero attached hydrogens (tertiary/aromatic N) is 5. The fourth-order valence-corrected chi connectivity index (χ4v) is 5.59. The van der Waals surface area contributed by atoms with Gasteiger partial charge in [-0.25, -0.2) is 0 Å². The van der Waals surface area contributed by atoms with Gasteiger partial charge in [0.1, 0.15) is 22.9 Å². The lowest BCUT2D eigenvalue weighted by Gasteiger charge is -2.16. The van der Waals surface area contributed by atoms with Crippen molar-refractivity contribution in [2.45, 2.75) is 33.7 Å². The normalized spacial score (nSPS) is 15.2. The van der Waals surface area contributed by atoms with Gasteiger partial charge in [0.05, 0.1) is 22.9 Å². The second-order valence-corrected chi connectivity index (χ2v) is 10.0. The molecule has 180 valence electrons. The maximum atomic E-state index is 12.0. The number of rotatable bonds is 5. The van der Waals surface area contributed by atoms with Crippen molar-refractivity contribution in [2.75, 3.05) is 5.32 Å². The number of carboxylic acid groups (broad SMARTS) is 1. The third kappa shape index (κ3) is 3.85. The third-order valence-corrected chi connectivity index (χ3v) is 7.73. The Morgan fingerprint density at radius 1 is 1.14 bits per heavy atom. The molecule has 0 spiro atoms. The molecule has 9 heteroatoms. The molecule has 0 amide bonds. The van der Waals surface area contributed by atoms with Gasteiger partial charge in [0, 0.05) is 21.7 Å². The molecule has 4 aromatic rings. The van der Waals surface area contributed by atoms with Crippen LogP contribution in [0.5, 0.6) is 0 Å². The van der Waals surface area contributed by atoms with Crippen molar-refractivity contribution in [3.8, 4) is 11.1 Å². The van der Waals surface area contributed by atoms with E-state index in [4.69, 9.17) is 4.99 Å². The molecule has 1 aliphatic rings. The number of benzene rings is 2. The number of hydrogen-bond acceptors (Lipinski definition) is 7. The van der Waals surface area contributed by atoms with E-state index in [1.807, 2.05) is 54.0 Å². The number of fused-ring (bicyclic) bond motifs is 3. The van der Waals surface area contributed by atoms with Crippen LogP contribution >= 0.6 is 11.3 Å². The Bertz CT molecular complexity index is 1560. The molecule has 5 rings (SSSR count). The number of aryl methyl sites for hydroxylation is 2. The lowest BCUT2D eigenvalue weighted by Crippen LogP contribution is -2.21. The molecule has 0 saturated heterocycles. The highest BCUT2D eigenvalue weighted by molar-refractivity contribution is 7.15. The van der Waals surface area contributed by atoms with Crippen LogP contribution in [0.15, 0.2) is 53.5 Å². The van der Waals surface area contributed by atoms with Crippen molar-refractivity contribution >= 4 is 34.4 Å². The summed E-state index contributed by atoms with van der Waals surface area (Å²) in [7, 11) is 0. The van der Waals surface area contributed by atoms with E-state index < -0.39 is 17.9 Å². The van der Waals surface area contributed by atoms with Gasteiger partial charge in [-0.05, 0) is 57.5 Å². The van der Waals surface area contributed by atoms with Crippen LogP contribution in [0.1, 0.15) is 51.7 Å². The molecule has 2 aromatic carbocycles. The van der Waals surface area contributed by atoms with Gasteiger partial charge in [-0.3, -0.25) is 14.4 Å². The second-order valence-electron chi connectivity index (χ2n) is 8.81.